The first-order valence-corrected chi connectivity index (χ1v) is 8.37. The fourth-order valence-electron chi connectivity index (χ4n) is 2.53. The molecule has 0 radical (unpaired) electrons. The number of hydrogen-bond donors (Lipinski definition) is 1. The van der Waals surface area contributed by atoms with Gasteiger partial charge in [-0.2, -0.15) is 0 Å². The predicted molar refractivity (Wildman–Crippen MR) is 105 cm³/mol. The minimum atomic E-state index is -0.250. The first-order chi connectivity index (χ1) is 13.1. The van der Waals surface area contributed by atoms with Gasteiger partial charge < -0.3 is 19.2 Å². The molecule has 1 heterocycles. The third-order valence-electron chi connectivity index (χ3n) is 3.73. The third-order valence-corrected chi connectivity index (χ3v) is 3.73. The molecule has 0 unspecified atom stereocenters. The summed E-state index contributed by atoms with van der Waals surface area (Å²) in [6, 6.07) is 10.8. The molecule has 3 aromatic rings. The van der Waals surface area contributed by atoms with E-state index >= 15 is 0 Å². The molecule has 0 saturated heterocycles. The summed E-state index contributed by atoms with van der Waals surface area (Å²) in [5.41, 5.74) is 2.85. The highest BCUT2D eigenvalue weighted by molar-refractivity contribution is 6.02. The van der Waals surface area contributed by atoms with E-state index in [2.05, 4.69) is 16.9 Å². The molecule has 1 aromatic heterocycles. The van der Waals surface area contributed by atoms with Crippen LogP contribution in [0.5, 0.6) is 11.5 Å². The van der Waals surface area contributed by atoms with Gasteiger partial charge in [-0.3, -0.25) is 4.79 Å². The van der Waals surface area contributed by atoms with Crippen LogP contribution < -0.4 is 14.8 Å². The Bertz CT molecular complexity index is 1000. The smallest absolute Gasteiger partial charge is 0.248 e. The molecule has 0 spiro atoms. The maximum Gasteiger partial charge on any atom is 0.248 e. The number of nitrogens with zero attached hydrogens (tertiary/aromatic N) is 1. The minimum absolute atomic E-state index is 0.250. The highest BCUT2D eigenvalue weighted by atomic mass is 16.5. The van der Waals surface area contributed by atoms with Gasteiger partial charge in [0.25, 0.3) is 0 Å². The topological polar surface area (TPSA) is 73.6 Å². The Kier molecular flexibility index (Phi) is 5.56. The number of methoxy groups -OCH3 is 1. The third kappa shape index (κ3) is 4.55. The molecular weight excluding hydrogens is 344 g/mol. The predicted octanol–water partition coefficient (Wildman–Crippen LogP) is 4.36. The Morgan fingerprint density at radius 2 is 2.11 bits per heavy atom. The molecule has 6 heteroatoms. The fraction of sp³-hybridized carbons (Fsp3) is 0.143. The van der Waals surface area contributed by atoms with E-state index in [9.17, 15) is 4.79 Å². The second-order valence-electron chi connectivity index (χ2n) is 5.75. The van der Waals surface area contributed by atoms with E-state index < -0.39 is 0 Å². The number of benzene rings is 2. The van der Waals surface area contributed by atoms with Crippen LogP contribution in [0.4, 0.5) is 5.69 Å². The second kappa shape index (κ2) is 8.23. The van der Waals surface area contributed by atoms with Crippen LogP contribution in [0, 0.1) is 6.92 Å². The van der Waals surface area contributed by atoms with Crippen molar-refractivity contribution in [1.29, 1.82) is 0 Å². The number of nitrogens with one attached hydrogen (secondary N) is 1. The maximum absolute atomic E-state index is 12.2. The van der Waals surface area contributed by atoms with Gasteiger partial charge in [0, 0.05) is 18.7 Å². The number of carbonyl (C=O) groups is 1. The van der Waals surface area contributed by atoms with Crippen LogP contribution >= 0.6 is 0 Å². The Labute approximate surface area is 157 Å². The summed E-state index contributed by atoms with van der Waals surface area (Å²) in [6.45, 7) is 5.79. The molecule has 27 heavy (non-hydrogen) atoms. The Balaban J connectivity index is 1.68. The van der Waals surface area contributed by atoms with Crippen molar-refractivity contribution in [3.05, 3.63) is 66.6 Å². The number of fused-ring (bicyclic) bond motifs is 1. The van der Waals surface area contributed by atoms with Crippen molar-refractivity contribution in [3.63, 3.8) is 0 Å². The zero-order valence-corrected chi connectivity index (χ0v) is 15.2. The molecule has 0 aliphatic rings. The van der Waals surface area contributed by atoms with Gasteiger partial charge in [-0.1, -0.05) is 18.7 Å². The molecule has 2 aromatic carbocycles. The van der Waals surface area contributed by atoms with Crippen molar-refractivity contribution in [2.45, 2.75) is 6.92 Å². The van der Waals surface area contributed by atoms with Crippen molar-refractivity contribution in [2.24, 2.45) is 0 Å². The van der Waals surface area contributed by atoms with E-state index in [0.717, 1.165) is 5.56 Å². The number of aryl methyl sites for hydroxylation is 1. The largest absolute Gasteiger partial charge is 0.493 e. The Morgan fingerprint density at radius 1 is 1.26 bits per heavy atom. The van der Waals surface area contributed by atoms with Crippen LogP contribution in [0.25, 0.3) is 17.2 Å². The van der Waals surface area contributed by atoms with Crippen LogP contribution in [0.2, 0.25) is 0 Å². The standard InChI is InChI=1S/C21H20N2O4/c1-4-11-26-19-8-5-15(12-20(19)25-3)6-10-21(24)23-16-7-9-18-17(13-16)22-14(2)27-18/h4-10,12-13H,1,11H2,2-3H3,(H,23,24). The molecule has 3 rings (SSSR count). The van der Waals surface area contributed by atoms with Gasteiger partial charge >= 0.3 is 0 Å². The number of amides is 1. The van der Waals surface area contributed by atoms with E-state index in [1.807, 2.05) is 6.07 Å². The highest BCUT2D eigenvalue weighted by Gasteiger charge is 2.06. The van der Waals surface area contributed by atoms with Crippen LogP contribution in [0.3, 0.4) is 0 Å². The fourth-order valence-corrected chi connectivity index (χ4v) is 2.53. The van der Waals surface area contributed by atoms with E-state index in [1.54, 1.807) is 56.5 Å². The van der Waals surface area contributed by atoms with Crippen molar-refractivity contribution >= 4 is 28.8 Å². The first kappa shape index (κ1) is 18.3. The summed E-state index contributed by atoms with van der Waals surface area (Å²) in [4.78, 5) is 16.4. The van der Waals surface area contributed by atoms with Gasteiger partial charge in [-0.05, 0) is 42.0 Å². The Morgan fingerprint density at radius 3 is 2.89 bits per heavy atom. The molecule has 0 fully saturated rings. The molecule has 0 bridgehead atoms. The van der Waals surface area contributed by atoms with Crippen LogP contribution in [0.15, 0.2) is 59.5 Å². The molecule has 1 amide bonds. The lowest BCUT2D eigenvalue weighted by atomic mass is 10.2. The number of aromatic nitrogens is 1. The summed E-state index contributed by atoms with van der Waals surface area (Å²) in [5, 5.41) is 2.81. The van der Waals surface area contributed by atoms with E-state index in [1.165, 1.54) is 6.08 Å². The zero-order valence-electron chi connectivity index (χ0n) is 15.2. The molecule has 6 nitrogen and oxygen atoms in total. The quantitative estimate of drug-likeness (QED) is 0.498. The summed E-state index contributed by atoms with van der Waals surface area (Å²) < 4.78 is 16.3. The van der Waals surface area contributed by atoms with Gasteiger partial charge in [-0.25, -0.2) is 4.98 Å². The summed E-state index contributed by atoms with van der Waals surface area (Å²) in [7, 11) is 1.57. The highest BCUT2D eigenvalue weighted by Crippen LogP contribution is 2.28. The van der Waals surface area contributed by atoms with Crippen molar-refractivity contribution in [2.75, 3.05) is 19.0 Å². The van der Waals surface area contributed by atoms with Gasteiger partial charge in [-0.15, -0.1) is 0 Å². The first-order valence-electron chi connectivity index (χ1n) is 8.37. The van der Waals surface area contributed by atoms with Gasteiger partial charge in [0.2, 0.25) is 5.91 Å². The number of carbonyl (C=O) groups excluding carboxylic acids is 1. The molecule has 1 N–H and O–H groups in total. The van der Waals surface area contributed by atoms with Crippen molar-refractivity contribution in [1.82, 2.24) is 4.98 Å². The summed E-state index contributed by atoms with van der Waals surface area (Å²) in [6.07, 6.45) is 4.82. The SMILES string of the molecule is C=CCOc1ccc(C=CC(=O)Nc2ccc3oc(C)nc3c2)cc1OC. The number of anilines is 1. The molecule has 0 aliphatic heterocycles. The molecule has 138 valence electrons. The molecule has 0 saturated carbocycles. The number of ether oxygens (including phenoxy) is 2. The van der Waals surface area contributed by atoms with Gasteiger partial charge in [0.1, 0.15) is 12.1 Å². The molecular formula is C21H20N2O4. The van der Waals surface area contributed by atoms with E-state index in [4.69, 9.17) is 13.9 Å². The van der Waals surface area contributed by atoms with E-state index in [-0.39, 0.29) is 5.91 Å². The lowest BCUT2D eigenvalue weighted by molar-refractivity contribution is -0.111. The number of rotatable bonds is 7. The van der Waals surface area contributed by atoms with Gasteiger partial charge in [0.05, 0.1) is 7.11 Å². The number of oxazole rings is 1. The van der Waals surface area contributed by atoms with Crippen molar-refractivity contribution in [3.8, 4) is 11.5 Å². The summed E-state index contributed by atoms with van der Waals surface area (Å²) in [5.74, 6) is 1.55. The average molecular weight is 364 g/mol. The monoisotopic (exact) mass is 364 g/mol. The molecule has 0 aliphatic carbocycles. The van der Waals surface area contributed by atoms with Crippen LogP contribution in [-0.4, -0.2) is 24.6 Å². The minimum Gasteiger partial charge on any atom is -0.493 e. The van der Waals surface area contributed by atoms with Crippen molar-refractivity contribution < 1.29 is 18.7 Å². The maximum atomic E-state index is 12.2. The summed E-state index contributed by atoms with van der Waals surface area (Å²) >= 11 is 0. The lowest BCUT2D eigenvalue weighted by Crippen LogP contribution is -2.07. The average Bonchev–Trinajstić information content (AvgIpc) is 3.04. The van der Waals surface area contributed by atoms with Crippen LogP contribution in [0.1, 0.15) is 11.5 Å². The normalized spacial score (nSPS) is 10.9. The van der Waals surface area contributed by atoms with Crippen LogP contribution in [-0.2, 0) is 4.79 Å². The molecule has 0 atom stereocenters. The zero-order chi connectivity index (χ0) is 19.2. The number of hydrogen-bond acceptors (Lipinski definition) is 5. The van der Waals surface area contributed by atoms with Gasteiger partial charge in [0.15, 0.2) is 23.0 Å². The van der Waals surface area contributed by atoms with E-state index in [0.29, 0.717) is 40.8 Å². The lowest BCUT2D eigenvalue weighted by Gasteiger charge is -2.09. The Hall–Kier alpha value is -3.54. The second-order valence-corrected chi connectivity index (χ2v) is 5.75.